The summed E-state index contributed by atoms with van der Waals surface area (Å²) in [7, 11) is -3.65. The molecule has 2 N–H and O–H groups in total. The van der Waals surface area contributed by atoms with E-state index >= 15 is 0 Å². The van der Waals surface area contributed by atoms with E-state index in [2.05, 4.69) is 18.6 Å². The topological polar surface area (TPSA) is 75.6 Å². The highest BCUT2D eigenvalue weighted by Crippen LogP contribution is 2.26. The van der Waals surface area contributed by atoms with Gasteiger partial charge in [-0.25, -0.2) is 13.1 Å². The minimum atomic E-state index is -3.65. The number of benzene rings is 3. The van der Waals surface area contributed by atoms with Crippen LogP contribution in [0.25, 0.3) is 10.8 Å². The lowest BCUT2D eigenvalue weighted by Gasteiger charge is -2.14. The fourth-order valence-corrected chi connectivity index (χ4v) is 4.14. The van der Waals surface area contributed by atoms with Gasteiger partial charge in [0.15, 0.2) is 0 Å². The summed E-state index contributed by atoms with van der Waals surface area (Å²) < 4.78 is 33.2. The van der Waals surface area contributed by atoms with Gasteiger partial charge >= 0.3 is 0 Å². The molecule has 0 aromatic heterocycles. The van der Waals surface area contributed by atoms with Crippen LogP contribution in [0.2, 0.25) is 0 Å². The summed E-state index contributed by atoms with van der Waals surface area (Å²) in [6.45, 7) is 4.82. The molecule has 3 aromatic carbocycles. The van der Waals surface area contributed by atoms with Crippen molar-refractivity contribution in [1.82, 2.24) is 4.72 Å². The van der Waals surface area contributed by atoms with Gasteiger partial charge in [0.2, 0.25) is 10.0 Å². The van der Waals surface area contributed by atoms with Crippen molar-refractivity contribution >= 4 is 20.8 Å². The Bertz CT molecular complexity index is 1040. The lowest BCUT2D eigenvalue weighted by molar-refractivity contribution is 0.170. The Morgan fingerprint density at radius 2 is 1.66 bits per heavy atom. The van der Waals surface area contributed by atoms with Gasteiger partial charge in [0.25, 0.3) is 0 Å². The van der Waals surface area contributed by atoms with E-state index < -0.39 is 16.1 Å². The molecule has 0 aliphatic rings. The maximum atomic E-state index is 12.5. The molecule has 5 nitrogen and oxygen atoms in total. The Morgan fingerprint density at radius 3 is 2.38 bits per heavy atom. The van der Waals surface area contributed by atoms with Crippen LogP contribution in [0.15, 0.2) is 71.6 Å². The normalized spacial score (nSPS) is 13.0. The van der Waals surface area contributed by atoms with Crippen LogP contribution in [-0.2, 0) is 10.0 Å². The Hall–Kier alpha value is -2.41. The zero-order chi connectivity index (χ0) is 20.9. The molecular weight excluding hydrogens is 386 g/mol. The average molecular weight is 414 g/mol. The summed E-state index contributed by atoms with van der Waals surface area (Å²) in [5.74, 6) is 1.04. The standard InChI is InChI=1S/C23H27NO4S/c1-17(2)16-28-19-10-12-20(13-11-19)29(26,27)24-15-14-23(25)22-9-5-7-18-6-3-4-8-21(18)22/h3-13,17,23-25H,14-16H2,1-2H3. The number of ether oxygens (including phenoxy) is 1. The molecule has 154 valence electrons. The first-order valence-electron chi connectivity index (χ1n) is 9.75. The van der Waals surface area contributed by atoms with Gasteiger partial charge in [0, 0.05) is 6.54 Å². The summed E-state index contributed by atoms with van der Waals surface area (Å²) in [6, 6.07) is 19.9. The molecule has 0 bridgehead atoms. The van der Waals surface area contributed by atoms with Crippen LogP contribution in [0.5, 0.6) is 5.75 Å². The van der Waals surface area contributed by atoms with Crippen molar-refractivity contribution in [2.24, 2.45) is 5.92 Å². The monoisotopic (exact) mass is 413 g/mol. The molecule has 0 radical (unpaired) electrons. The highest BCUT2D eigenvalue weighted by atomic mass is 32.2. The van der Waals surface area contributed by atoms with Crippen LogP contribution in [0.4, 0.5) is 0 Å². The molecule has 3 rings (SSSR count). The zero-order valence-electron chi connectivity index (χ0n) is 16.7. The van der Waals surface area contributed by atoms with E-state index in [1.807, 2.05) is 42.5 Å². The number of aliphatic hydroxyl groups is 1. The second-order valence-corrected chi connectivity index (χ2v) is 9.21. The van der Waals surface area contributed by atoms with E-state index in [-0.39, 0.29) is 17.9 Å². The molecule has 0 spiro atoms. The molecule has 0 aliphatic heterocycles. The van der Waals surface area contributed by atoms with Gasteiger partial charge in [-0.3, -0.25) is 0 Å². The Labute approximate surface area is 172 Å². The Kier molecular flexibility index (Phi) is 6.90. The maximum absolute atomic E-state index is 12.5. The fraction of sp³-hybridized carbons (Fsp3) is 0.304. The number of hydrogen-bond donors (Lipinski definition) is 2. The maximum Gasteiger partial charge on any atom is 0.240 e. The molecule has 6 heteroatoms. The van der Waals surface area contributed by atoms with Gasteiger partial charge < -0.3 is 9.84 Å². The molecule has 0 amide bonds. The van der Waals surface area contributed by atoms with Crippen LogP contribution < -0.4 is 9.46 Å². The predicted octanol–water partition coefficient (Wildman–Crippen LogP) is 4.28. The van der Waals surface area contributed by atoms with Crippen LogP contribution in [0.3, 0.4) is 0 Å². The second-order valence-electron chi connectivity index (χ2n) is 7.45. The van der Waals surface area contributed by atoms with Crippen molar-refractivity contribution in [1.29, 1.82) is 0 Å². The number of rotatable bonds is 9. The number of nitrogens with one attached hydrogen (secondary N) is 1. The van der Waals surface area contributed by atoms with Crippen LogP contribution in [-0.4, -0.2) is 26.7 Å². The van der Waals surface area contributed by atoms with Crippen molar-refractivity contribution in [3.8, 4) is 5.75 Å². The summed E-state index contributed by atoms with van der Waals surface area (Å²) in [5.41, 5.74) is 0.800. The minimum absolute atomic E-state index is 0.137. The van der Waals surface area contributed by atoms with Gasteiger partial charge in [0.1, 0.15) is 5.75 Å². The van der Waals surface area contributed by atoms with E-state index in [4.69, 9.17) is 4.74 Å². The lowest BCUT2D eigenvalue weighted by Crippen LogP contribution is -2.26. The second kappa shape index (κ2) is 9.39. The first-order valence-corrected chi connectivity index (χ1v) is 11.2. The molecule has 29 heavy (non-hydrogen) atoms. The highest BCUT2D eigenvalue weighted by Gasteiger charge is 2.16. The Balaban J connectivity index is 1.60. The molecule has 0 aliphatic carbocycles. The third-order valence-electron chi connectivity index (χ3n) is 4.61. The molecule has 3 aromatic rings. The number of hydrogen-bond acceptors (Lipinski definition) is 4. The largest absolute Gasteiger partial charge is 0.493 e. The first kappa shape index (κ1) is 21.3. The molecule has 1 atom stereocenters. The van der Waals surface area contributed by atoms with Crippen molar-refractivity contribution in [3.05, 3.63) is 72.3 Å². The van der Waals surface area contributed by atoms with E-state index in [1.54, 1.807) is 12.1 Å². The van der Waals surface area contributed by atoms with Crippen LogP contribution in [0, 0.1) is 5.92 Å². The van der Waals surface area contributed by atoms with Crippen molar-refractivity contribution in [2.45, 2.75) is 31.3 Å². The van der Waals surface area contributed by atoms with Crippen LogP contribution >= 0.6 is 0 Å². The van der Waals surface area contributed by atoms with Gasteiger partial charge in [-0.15, -0.1) is 0 Å². The van der Waals surface area contributed by atoms with E-state index in [0.29, 0.717) is 18.3 Å². The summed E-state index contributed by atoms with van der Waals surface area (Å²) in [6.07, 6.45) is -0.473. The van der Waals surface area contributed by atoms with E-state index in [0.717, 1.165) is 16.3 Å². The van der Waals surface area contributed by atoms with Gasteiger partial charge in [-0.2, -0.15) is 0 Å². The third-order valence-corrected chi connectivity index (χ3v) is 6.09. The summed E-state index contributed by atoms with van der Waals surface area (Å²) >= 11 is 0. The third kappa shape index (κ3) is 5.56. The van der Waals surface area contributed by atoms with Crippen molar-refractivity contribution in [2.75, 3.05) is 13.2 Å². The Morgan fingerprint density at radius 1 is 0.966 bits per heavy atom. The molecule has 1 unspecified atom stereocenters. The smallest absolute Gasteiger partial charge is 0.240 e. The molecule has 0 heterocycles. The van der Waals surface area contributed by atoms with Gasteiger partial charge in [-0.1, -0.05) is 56.3 Å². The molecule has 0 saturated carbocycles. The van der Waals surface area contributed by atoms with Crippen LogP contribution in [0.1, 0.15) is 31.9 Å². The summed E-state index contributed by atoms with van der Waals surface area (Å²) in [4.78, 5) is 0.175. The summed E-state index contributed by atoms with van der Waals surface area (Å²) in [5, 5.41) is 12.6. The van der Waals surface area contributed by atoms with Crippen molar-refractivity contribution in [3.63, 3.8) is 0 Å². The fourth-order valence-electron chi connectivity index (χ4n) is 3.09. The number of fused-ring (bicyclic) bond motifs is 1. The lowest BCUT2D eigenvalue weighted by atomic mass is 9.99. The van der Waals surface area contributed by atoms with Crippen molar-refractivity contribution < 1.29 is 18.3 Å². The quantitative estimate of drug-likeness (QED) is 0.549. The van der Waals surface area contributed by atoms with Gasteiger partial charge in [0.05, 0.1) is 17.6 Å². The molecule has 0 saturated heterocycles. The molecule has 0 fully saturated rings. The first-order chi connectivity index (χ1) is 13.9. The average Bonchev–Trinajstić information content (AvgIpc) is 2.72. The minimum Gasteiger partial charge on any atom is -0.493 e. The van der Waals surface area contributed by atoms with E-state index in [1.165, 1.54) is 12.1 Å². The predicted molar refractivity (Wildman–Crippen MR) is 115 cm³/mol. The molecular formula is C23H27NO4S. The zero-order valence-corrected chi connectivity index (χ0v) is 17.5. The SMILES string of the molecule is CC(C)COc1ccc(S(=O)(=O)NCCC(O)c2cccc3ccccc23)cc1. The highest BCUT2D eigenvalue weighted by molar-refractivity contribution is 7.89. The number of aliphatic hydroxyl groups excluding tert-OH is 1. The number of sulfonamides is 1. The van der Waals surface area contributed by atoms with Gasteiger partial charge in [-0.05, 0) is 52.9 Å². The van der Waals surface area contributed by atoms with E-state index in [9.17, 15) is 13.5 Å².